The highest BCUT2D eigenvalue weighted by atomic mass is 32.2. The van der Waals surface area contributed by atoms with Crippen LogP contribution in [0.15, 0.2) is 51.1 Å². The maximum atomic E-state index is 12.6. The topological polar surface area (TPSA) is 171 Å². The first-order chi connectivity index (χ1) is 15.5. The summed E-state index contributed by atoms with van der Waals surface area (Å²) >= 11 is 0.748. The number of ether oxygens (including phenoxy) is 1. The third-order valence-electron chi connectivity index (χ3n) is 4.62. The summed E-state index contributed by atoms with van der Waals surface area (Å²) in [5.74, 6) is 0.198. The van der Waals surface area contributed by atoms with Crippen LogP contribution in [0.4, 0.5) is 11.4 Å². The number of likely N-dealkylation sites (N-methyl/N-ethyl adjacent to an activating group) is 1. The van der Waals surface area contributed by atoms with Crippen molar-refractivity contribution in [3.05, 3.63) is 36.4 Å². The van der Waals surface area contributed by atoms with Gasteiger partial charge in [-0.3, -0.25) is 4.55 Å². The summed E-state index contributed by atoms with van der Waals surface area (Å²) in [5.41, 5.74) is 11.5. The lowest BCUT2D eigenvalue weighted by molar-refractivity contribution is -0.193. The second-order valence-corrected chi connectivity index (χ2v) is 11.1. The molecular weight excluding hydrogens is 494 g/mol. The molecule has 0 aliphatic rings. The first-order valence-electron chi connectivity index (χ1n) is 9.69. The van der Waals surface area contributed by atoms with E-state index >= 15 is 0 Å². The maximum Gasteiger partial charge on any atom is 0.296 e. The second-order valence-electron chi connectivity index (χ2n) is 6.80. The fraction of sp³-hybridized carbons (Fsp3) is 0.368. The number of sulfone groups is 1. The molecule has 0 aliphatic carbocycles. The van der Waals surface area contributed by atoms with Crippen molar-refractivity contribution in [3.8, 4) is 5.75 Å². The Kier molecular flexibility index (Phi) is 9.78. The lowest BCUT2D eigenvalue weighted by Gasteiger charge is -2.19. The third-order valence-corrected chi connectivity index (χ3v) is 7.83. The molecule has 0 saturated heterocycles. The van der Waals surface area contributed by atoms with Crippen LogP contribution in [0.3, 0.4) is 0 Å². The van der Waals surface area contributed by atoms with E-state index in [0.717, 1.165) is 18.1 Å². The standard InChI is InChI=1S/C19H27N3O8S3/c1-3-22(9-11-32(23,24)15-5-7-16(20)18(13-15)28-2)8-10-29-30-31-14-4-6-17(21)19(12-14)33(25,26)27/h4-7,12-13H,3,8-11,20-21H2,1-2H3,(H,25,26,27). The van der Waals surface area contributed by atoms with E-state index in [4.69, 9.17) is 30.0 Å². The van der Waals surface area contributed by atoms with Crippen molar-refractivity contribution >= 4 is 43.4 Å². The van der Waals surface area contributed by atoms with Crippen molar-refractivity contribution in [1.82, 2.24) is 4.90 Å². The van der Waals surface area contributed by atoms with Gasteiger partial charge in [0.15, 0.2) is 9.84 Å². The highest BCUT2D eigenvalue weighted by Gasteiger charge is 2.18. The SMILES string of the molecule is CCN(CCOOSc1ccc(N)c(S(=O)(=O)O)c1)CCS(=O)(=O)c1ccc(N)c(OC)c1. The predicted molar refractivity (Wildman–Crippen MR) is 125 cm³/mol. The second kappa shape index (κ2) is 11.9. The summed E-state index contributed by atoms with van der Waals surface area (Å²) in [7, 11) is -6.57. The zero-order valence-corrected chi connectivity index (χ0v) is 20.6. The lowest BCUT2D eigenvalue weighted by atomic mass is 10.3. The molecule has 0 heterocycles. The maximum absolute atomic E-state index is 12.6. The Morgan fingerprint density at radius 1 is 1.03 bits per heavy atom. The zero-order chi connectivity index (χ0) is 24.6. The molecule has 0 saturated carbocycles. The number of nitrogens with two attached hydrogens (primary N) is 2. The molecule has 2 aromatic carbocycles. The van der Waals surface area contributed by atoms with Gasteiger partial charge in [0.1, 0.15) is 10.6 Å². The molecule has 33 heavy (non-hydrogen) atoms. The van der Waals surface area contributed by atoms with Crippen molar-refractivity contribution in [2.45, 2.75) is 21.6 Å². The first kappa shape index (κ1) is 27.2. The minimum absolute atomic E-state index is 0.0891. The van der Waals surface area contributed by atoms with Gasteiger partial charge in [0, 0.05) is 24.1 Å². The molecule has 2 rings (SSSR count). The quantitative estimate of drug-likeness (QED) is 0.0873. The predicted octanol–water partition coefficient (Wildman–Crippen LogP) is 1.86. The third kappa shape index (κ3) is 8.03. The number of benzene rings is 2. The van der Waals surface area contributed by atoms with Gasteiger partial charge in [0.25, 0.3) is 10.1 Å². The molecule has 0 unspecified atom stereocenters. The Balaban J connectivity index is 1.82. The number of hydrogen-bond acceptors (Lipinski definition) is 11. The minimum atomic E-state index is -4.45. The van der Waals surface area contributed by atoms with Crippen LogP contribution in [0.25, 0.3) is 0 Å². The van der Waals surface area contributed by atoms with Crippen molar-refractivity contribution < 1.29 is 35.3 Å². The largest absolute Gasteiger partial charge is 0.495 e. The van der Waals surface area contributed by atoms with Gasteiger partial charge < -0.3 is 21.1 Å². The van der Waals surface area contributed by atoms with E-state index in [2.05, 4.69) is 0 Å². The zero-order valence-electron chi connectivity index (χ0n) is 18.1. The Morgan fingerprint density at radius 3 is 2.36 bits per heavy atom. The van der Waals surface area contributed by atoms with Crippen molar-refractivity contribution in [2.75, 3.05) is 50.6 Å². The average Bonchev–Trinajstić information content (AvgIpc) is 2.76. The molecule has 0 aliphatic heterocycles. The van der Waals surface area contributed by atoms with E-state index in [9.17, 15) is 16.8 Å². The summed E-state index contributed by atoms with van der Waals surface area (Å²) in [6.45, 7) is 3.29. The highest BCUT2D eigenvalue weighted by Crippen LogP contribution is 2.27. The fourth-order valence-electron chi connectivity index (χ4n) is 2.73. The van der Waals surface area contributed by atoms with Crippen LogP contribution in [-0.2, 0) is 29.2 Å². The van der Waals surface area contributed by atoms with Crippen LogP contribution in [0.2, 0.25) is 0 Å². The summed E-state index contributed by atoms with van der Waals surface area (Å²) in [5, 5.41) is 0. The van der Waals surface area contributed by atoms with Gasteiger partial charge in [-0.1, -0.05) is 6.92 Å². The summed E-state index contributed by atoms with van der Waals surface area (Å²) < 4.78 is 67.1. The molecule has 0 amide bonds. The lowest BCUT2D eigenvalue weighted by Crippen LogP contribution is -2.32. The monoisotopic (exact) mass is 521 g/mol. The van der Waals surface area contributed by atoms with E-state index in [1.54, 1.807) is 0 Å². The number of rotatable bonds is 13. The van der Waals surface area contributed by atoms with E-state index in [0.29, 0.717) is 29.4 Å². The molecule has 0 fully saturated rings. The van der Waals surface area contributed by atoms with E-state index < -0.39 is 24.9 Å². The Morgan fingerprint density at radius 2 is 1.73 bits per heavy atom. The van der Waals surface area contributed by atoms with Gasteiger partial charge in [-0.15, -0.1) is 0 Å². The van der Waals surface area contributed by atoms with E-state index in [1.807, 2.05) is 11.8 Å². The number of nitrogen functional groups attached to an aromatic ring is 2. The van der Waals surface area contributed by atoms with Gasteiger partial charge in [-0.25, -0.2) is 13.3 Å². The van der Waals surface area contributed by atoms with Gasteiger partial charge in [0.2, 0.25) is 0 Å². The van der Waals surface area contributed by atoms with Crippen molar-refractivity contribution in [3.63, 3.8) is 0 Å². The molecule has 184 valence electrons. The van der Waals surface area contributed by atoms with Crippen LogP contribution in [0.5, 0.6) is 5.75 Å². The first-order valence-corrected chi connectivity index (χ1v) is 13.5. The normalized spacial score (nSPS) is 12.2. The van der Waals surface area contributed by atoms with Crippen molar-refractivity contribution in [2.24, 2.45) is 0 Å². The molecule has 0 spiro atoms. The smallest absolute Gasteiger partial charge is 0.296 e. The van der Waals surface area contributed by atoms with Crippen LogP contribution >= 0.6 is 12.0 Å². The molecule has 2 aromatic rings. The van der Waals surface area contributed by atoms with Crippen LogP contribution in [0.1, 0.15) is 6.92 Å². The van der Waals surface area contributed by atoms with Crippen LogP contribution < -0.4 is 16.2 Å². The highest BCUT2D eigenvalue weighted by molar-refractivity contribution is 7.94. The number of methoxy groups -OCH3 is 1. The molecule has 11 nitrogen and oxygen atoms in total. The molecule has 14 heteroatoms. The number of hydrogen-bond donors (Lipinski definition) is 3. The molecule has 5 N–H and O–H groups in total. The fourth-order valence-corrected chi connectivity index (χ4v) is 5.23. The van der Waals surface area contributed by atoms with Gasteiger partial charge in [-0.05, 0) is 36.9 Å². The molecule has 0 aromatic heterocycles. The average molecular weight is 522 g/mol. The molecular formula is C19H27N3O8S3. The minimum Gasteiger partial charge on any atom is -0.495 e. The van der Waals surface area contributed by atoms with E-state index in [-0.39, 0.29) is 29.5 Å². The Labute approximate surface area is 197 Å². The molecule has 0 bridgehead atoms. The Hall–Kier alpha value is -2.07. The summed E-state index contributed by atoms with van der Waals surface area (Å²) in [6, 6.07) is 8.33. The van der Waals surface area contributed by atoms with Gasteiger partial charge >= 0.3 is 0 Å². The summed E-state index contributed by atoms with van der Waals surface area (Å²) in [4.78, 5) is 7.02. The van der Waals surface area contributed by atoms with Gasteiger partial charge in [-0.2, -0.15) is 12.8 Å². The summed E-state index contributed by atoms with van der Waals surface area (Å²) in [6.07, 6.45) is 0. The number of anilines is 2. The van der Waals surface area contributed by atoms with Crippen LogP contribution in [-0.4, -0.2) is 65.4 Å². The van der Waals surface area contributed by atoms with E-state index in [1.165, 1.54) is 37.4 Å². The molecule has 0 radical (unpaired) electrons. The van der Waals surface area contributed by atoms with Crippen LogP contribution in [0, 0.1) is 0 Å². The number of nitrogens with zero attached hydrogens (tertiary/aromatic N) is 1. The Bertz CT molecular complexity index is 1160. The van der Waals surface area contributed by atoms with Gasteiger partial charge in [0.05, 0.1) is 47.8 Å². The van der Waals surface area contributed by atoms with Crippen molar-refractivity contribution in [1.29, 1.82) is 0 Å². The molecule has 0 atom stereocenters.